The van der Waals surface area contributed by atoms with Crippen LogP contribution in [-0.2, 0) is 6.42 Å². The van der Waals surface area contributed by atoms with Crippen LogP contribution in [0.25, 0.3) is 22.2 Å². The molecule has 1 aromatic carbocycles. The number of benzene rings is 1. The highest BCUT2D eigenvalue weighted by atomic mass is 16.5. The molecule has 0 aliphatic rings. The average molecular weight is 256 g/mol. The van der Waals surface area contributed by atoms with Crippen molar-refractivity contribution < 1.29 is 9.26 Å². The Hall–Kier alpha value is -2.23. The summed E-state index contributed by atoms with van der Waals surface area (Å²) in [6.07, 6.45) is 0.853. The minimum absolute atomic E-state index is 0.843. The molecule has 0 saturated heterocycles. The Morgan fingerprint density at radius 3 is 2.89 bits per heavy atom. The number of nitrogens with one attached hydrogen (secondary N) is 1. The number of aryl methyl sites for hydroxylation is 2. The van der Waals surface area contributed by atoms with Gasteiger partial charge in [0.15, 0.2) is 0 Å². The van der Waals surface area contributed by atoms with Crippen LogP contribution in [0.1, 0.15) is 18.4 Å². The van der Waals surface area contributed by atoms with Gasteiger partial charge in [-0.05, 0) is 37.6 Å². The second-order valence-corrected chi connectivity index (χ2v) is 4.55. The molecular weight excluding hydrogens is 240 g/mol. The molecule has 0 atom stereocenters. The van der Waals surface area contributed by atoms with Crippen LogP contribution in [0.3, 0.4) is 0 Å². The van der Waals surface area contributed by atoms with Crippen LogP contribution in [0.4, 0.5) is 0 Å². The number of fused-ring (bicyclic) bond motifs is 1. The molecule has 0 unspecified atom stereocenters. The summed E-state index contributed by atoms with van der Waals surface area (Å²) < 4.78 is 10.5. The molecule has 2 aromatic heterocycles. The second-order valence-electron chi connectivity index (χ2n) is 4.55. The van der Waals surface area contributed by atoms with E-state index in [2.05, 4.69) is 23.1 Å². The Morgan fingerprint density at radius 1 is 1.32 bits per heavy atom. The minimum Gasteiger partial charge on any atom is -0.497 e. The zero-order valence-corrected chi connectivity index (χ0v) is 11.3. The van der Waals surface area contributed by atoms with Crippen LogP contribution >= 0.6 is 0 Å². The normalized spacial score (nSPS) is 11.1. The Morgan fingerprint density at radius 2 is 2.16 bits per heavy atom. The summed E-state index contributed by atoms with van der Waals surface area (Å²) in [5, 5.41) is 5.22. The number of H-pyrrole nitrogens is 1. The van der Waals surface area contributed by atoms with E-state index < -0.39 is 0 Å². The SMILES string of the molecule is CCc1noc(C)c1-c1cc2cc(OC)ccc2[nH]1. The van der Waals surface area contributed by atoms with Crippen LogP contribution < -0.4 is 4.74 Å². The summed E-state index contributed by atoms with van der Waals surface area (Å²) in [6, 6.07) is 8.09. The number of aromatic nitrogens is 2. The summed E-state index contributed by atoms with van der Waals surface area (Å²) in [5.41, 5.74) is 4.17. The fraction of sp³-hybridized carbons (Fsp3) is 0.267. The number of hydrogen-bond acceptors (Lipinski definition) is 3. The Balaban J connectivity index is 2.17. The molecule has 0 bridgehead atoms. The third-order valence-corrected chi connectivity index (χ3v) is 3.37. The monoisotopic (exact) mass is 256 g/mol. The second kappa shape index (κ2) is 4.46. The van der Waals surface area contributed by atoms with Crippen LogP contribution in [0.15, 0.2) is 28.8 Å². The lowest BCUT2D eigenvalue weighted by atomic mass is 10.1. The lowest BCUT2D eigenvalue weighted by Crippen LogP contribution is -1.85. The van der Waals surface area contributed by atoms with E-state index in [4.69, 9.17) is 9.26 Å². The van der Waals surface area contributed by atoms with Gasteiger partial charge in [0.25, 0.3) is 0 Å². The molecule has 0 amide bonds. The molecule has 1 N–H and O–H groups in total. The van der Waals surface area contributed by atoms with Gasteiger partial charge >= 0.3 is 0 Å². The standard InChI is InChI=1S/C15H16N2O2/c1-4-12-15(9(2)19-17-12)14-8-10-7-11(18-3)5-6-13(10)16-14/h5-8,16H,4H2,1-3H3. The largest absolute Gasteiger partial charge is 0.497 e. The summed E-state index contributed by atoms with van der Waals surface area (Å²) in [5.74, 6) is 1.70. The highest BCUT2D eigenvalue weighted by Crippen LogP contribution is 2.31. The first kappa shape index (κ1) is 11.8. The Kier molecular flexibility index (Phi) is 2.78. The van der Waals surface area contributed by atoms with Crippen molar-refractivity contribution in [2.24, 2.45) is 0 Å². The molecule has 0 radical (unpaired) electrons. The number of ether oxygens (including phenoxy) is 1. The van der Waals surface area contributed by atoms with Gasteiger partial charge in [-0.2, -0.15) is 0 Å². The lowest BCUT2D eigenvalue weighted by molar-refractivity contribution is 0.391. The fourth-order valence-corrected chi connectivity index (χ4v) is 2.38. The quantitative estimate of drug-likeness (QED) is 0.777. The van der Waals surface area contributed by atoms with Crippen molar-refractivity contribution in [3.8, 4) is 17.0 Å². The molecule has 0 saturated carbocycles. The van der Waals surface area contributed by atoms with E-state index in [1.165, 1.54) is 0 Å². The third-order valence-electron chi connectivity index (χ3n) is 3.37. The molecule has 19 heavy (non-hydrogen) atoms. The first-order valence-corrected chi connectivity index (χ1v) is 6.35. The van der Waals surface area contributed by atoms with Gasteiger partial charge in [-0.1, -0.05) is 12.1 Å². The highest BCUT2D eigenvalue weighted by molar-refractivity contribution is 5.87. The van der Waals surface area contributed by atoms with Gasteiger partial charge in [0.1, 0.15) is 11.5 Å². The van der Waals surface area contributed by atoms with Crippen molar-refractivity contribution in [2.75, 3.05) is 7.11 Å². The first-order chi connectivity index (χ1) is 9.22. The van der Waals surface area contributed by atoms with Gasteiger partial charge in [0.05, 0.1) is 24.1 Å². The Bertz CT molecular complexity index is 725. The van der Waals surface area contributed by atoms with Crippen molar-refractivity contribution in [1.29, 1.82) is 0 Å². The van der Waals surface area contributed by atoms with Gasteiger partial charge < -0.3 is 14.2 Å². The summed E-state index contributed by atoms with van der Waals surface area (Å²) in [7, 11) is 1.67. The molecule has 98 valence electrons. The van der Waals surface area contributed by atoms with Gasteiger partial charge in [-0.25, -0.2) is 0 Å². The molecule has 4 heteroatoms. The predicted molar refractivity (Wildman–Crippen MR) is 74.5 cm³/mol. The van der Waals surface area contributed by atoms with Gasteiger partial charge in [-0.15, -0.1) is 0 Å². The van der Waals surface area contributed by atoms with Crippen molar-refractivity contribution in [2.45, 2.75) is 20.3 Å². The summed E-state index contributed by atoms with van der Waals surface area (Å²) >= 11 is 0. The van der Waals surface area contributed by atoms with Crippen LogP contribution in [0.2, 0.25) is 0 Å². The van der Waals surface area contributed by atoms with E-state index >= 15 is 0 Å². The van der Waals surface area contributed by atoms with E-state index in [9.17, 15) is 0 Å². The topological polar surface area (TPSA) is 51.1 Å². The first-order valence-electron chi connectivity index (χ1n) is 6.35. The summed E-state index contributed by atoms with van der Waals surface area (Å²) in [6.45, 7) is 4.01. The summed E-state index contributed by atoms with van der Waals surface area (Å²) in [4.78, 5) is 3.41. The third kappa shape index (κ3) is 1.89. The van der Waals surface area contributed by atoms with E-state index in [1.807, 2.05) is 25.1 Å². The maximum Gasteiger partial charge on any atom is 0.143 e. The maximum atomic E-state index is 5.29. The van der Waals surface area contributed by atoms with Crippen LogP contribution in [-0.4, -0.2) is 17.3 Å². The number of aromatic amines is 1. The smallest absolute Gasteiger partial charge is 0.143 e. The molecule has 4 nitrogen and oxygen atoms in total. The highest BCUT2D eigenvalue weighted by Gasteiger charge is 2.15. The van der Waals surface area contributed by atoms with E-state index in [-0.39, 0.29) is 0 Å². The minimum atomic E-state index is 0.843. The van der Waals surface area contributed by atoms with E-state index in [1.54, 1.807) is 7.11 Å². The number of hydrogen-bond donors (Lipinski definition) is 1. The van der Waals surface area contributed by atoms with Crippen molar-refractivity contribution in [1.82, 2.24) is 10.1 Å². The predicted octanol–water partition coefficient (Wildman–Crippen LogP) is 3.70. The molecule has 0 aliphatic carbocycles. The number of methoxy groups -OCH3 is 1. The molecular formula is C15H16N2O2. The van der Waals surface area contributed by atoms with Gasteiger partial charge in [0, 0.05) is 10.9 Å². The lowest BCUT2D eigenvalue weighted by Gasteiger charge is -1.97. The van der Waals surface area contributed by atoms with E-state index in [0.717, 1.165) is 45.8 Å². The van der Waals surface area contributed by atoms with Crippen molar-refractivity contribution in [3.63, 3.8) is 0 Å². The number of nitrogens with zero attached hydrogens (tertiary/aromatic N) is 1. The fourth-order valence-electron chi connectivity index (χ4n) is 2.38. The molecule has 0 spiro atoms. The van der Waals surface area contributed by atoms with Crippen molar-refractivity contribution >= 4 is 10.9 Å². The molecule has 0 aliphatic heterocycles. The van der Waals surface area contributed by atoms with E-state index in [0.29, 0.717) is 0 Å². The molecule has 0 fully saturated rings. The zero-order chi connectivity index (χ0) is 13.4. The van der Waals surface area contributed by atoms with Crippen LogP contribution in [0, 0.1) is 6.92 Å². The van der Waals surface area contributed by atoms with Gasteiger partial charge in [0.2, 0.25) is 0 Å². The molecule has 2 heterocycles. The average Bonchev–Trinajstić information content (AvgIpc) is 3.00. The zero-order valence-electron chi connectivity index (χ0n) is 11.3. The molecule has 3 rings (SSSR count). The van der Waals surface area contributed by atoms with Gasteiger partial charge in [-0.3, -0.25) is 0 Å². The van der Waals surface area contributed by atoms with Crippen LogP contribution in [0.5, 0.6) is 5.75 Å². The van der Waals surface area contributed by atoms with Crippen molar-refractivity contribution in [3.05, 3.63) is 35.7 Å². The number of rotatable bonds is 3. The maximum absolute atomic E-state index is 5.29. The molecule has 3 aromatic rings. The Labute approximate surface area is 111 Å².